The summed E-state index contributed by atoms with van der Waals surface area (Å²) in [5.41, 5.74) is 5.80. The van der Waals surface area contributed by atoms with E-state index in [1.807, 2.05) is 30.9 Å². The Morgan fingerprint density at radius 1 is 1.50 bits per heavy atom. The van der Waals surface area contributed by atoms with E-state index in [1.54, 1.807) is 4.68 Å². The first-order valence-electron chi connectivity index (χ1n) is 5.99. The molecule has 98 valence electrons. The Labute approximate surface area is 106 Å². The van der Waals surface area contributed by atoms with E-state index in [4.69, 9.17) is 5.84 Å². The lowest BCUT2D eigenvalue weighted by molar-refractivity contribution is 0.486. The van der Waals surface area contributed by atoms with Crippen molar-refractivity contribution in [2.45, 2.75) is 32.9 Å². The molecule has 0 spiro atoms. The van der Waals surface area contributed by atoms with Crippen molar-refractivity contribution in [2.24, 2.45) is 12.9 Å². The fourth-order valence-electron chi connectivity index (χ4n) is 2.05. The highest BCUT2D eigenvalue weighted by Gasteiger charge is 2.17. The highest BCUT2D eigenvalue weighted by atomic mass is 15.4. The summed E-state index contributed by atoms with van der Waals surface area (Å²) < 4.78 is 3.64. The summed E-state index contributed by atoms with van der Waals surface area (Å²) in [5, 5.41) is 12.4. The Hall–Kier alpha value is -1.73. The lowest BCUT2D eigenvalue weighted by atomic mass is 10.1. The van der Waals surface area contributed by atoms with Gasteiger partial charge in [0.1, 0.15) is 0 Å². The van der Waals surface area contributed by atoms with Gasteiger partial charge in [-0.3, -0.25) is 20.6 Å². The van der Waals surface area contributed by atoms with Crippen LogP contribution in [0.5, 0.6) is 0 Å². The zero-order chi connectivity index (χ0) is 13.1. The van der Waals surface area contributed by atoms with Crippen molar-refractivity contribution in [3.8, 4) is 0 Å². The van der Waals surface area contributed by atoms with Gasteiger partial charge in [-0.15, -0.1) is 5.10 Å². The van der Waals surface area contributed by atoms with Crippen LogP contribution in [0.2, 0.25) is 0 Å². The predicted molar refractivity (Wildman–Crippen MR) is 67.4 cm³/mol. The summed E-state index contributed by atoms with van der Waals surface area (Å²) >= 11 is 0. The van der Waals surface area contributed by atoms with Crippen molar-refractivity contribution in [1.29, 1.82) is 0 Å². The number of hydrazine groups is 1. The van der Waals surface area contributed by atoms with Gasteiger partial charge in [-0.1, -0.05) is 5.21 Å². The summed E-state index contributed by atoms with van der Waals surface area (Å²) in [4.78, 5) is 0. The summed E-state index contributed by atoms with van der Waals surface area (Å²) in [6, 6.07) is 2.03. The standard InChI is InChI=1S/C11H19N7/c1-4-18-11(5-8(2)15-18)10(13-12)6-9-7-17(3)16-14-9/h5,7,10,13H,4,6,12H2,1-3H3. The Kier molecular flexibility index (Phi) is 3.73. The molecule has 0 amide bonds. The van der Waals surface area contributed by atoms with Gasteiger partial charge in [0, 0.05) is 26.2 Å². The summed E-state index contributed by atoms with van der Waals surface area (Å²) in [7, 11) is 1.85. The maximum absolute atomic E-state index is 5.65. The van der Waals surface area contributed by atoms with Crippen LogP contribution in [0.3, 0.4) is 0 Å². The van der Waals surface area contributed by atoms with Gasteiger partial charge in [0.15, 0.2) is 0 Å². The predicted octanol–water partition coefficient (Wildman–Crippen LogP) is 0.0870. The smallest absolute Gasteiger partial charge is 0.0847 e. The fourth-order valence-corrected chi connectivity index (χ4v) is 2.05. The minimum Gasteiger partial charge on any atom is -0.271 e. The minimum atomic E-state index is -0.0112. The third-order valence-corrected chi connectivity index (χ3v) is 2.85. The van der Waals surface area contributed by atoms with Crippen LogP contribution in [0.15, 0.2) is 12.3 Å². The van der Waals surface area contributed by atoms with Gasteiger partial charge in [-0.05, 0) is 19.9 Å². The molecule has 0 aliphatic heterocycles. The topological polar surface area (TPSA) is 86.6 Å². The molecular formula is C11H19N7. The molecule has 2 aromatic rings. The number of aryl methyl sites for hydroxylation is 3. The Morgan fingerprint density at radius 3 is 2.83 bits per heavy atom. The van der Waals surface area contributed by atoms with E-state index in [0.29, 0.717) is 6.42 Å². The zero-order valence-electron chi connectivity index (χ0n) is 11.0. The van der Waals surface area contributed by atoms with E-state index in [9.17, 15) is 0 Å². The summed E-state index contributed by atoms with van der Waals surface area (Å²) in [5.74, 6) is 5.65. The molecule has 0 aliphatic rings. The third-order valence-electron chi connectivity index (χ3n) is 2.85. The third kappa shape index (κ3) is 2.57. The molecule has 0 bridgehead atoms. The SMILES string of the molecule is CCn1nc(C)cc1C(Cc1cn(C)nn1)NN. The van der Waals surface area contributed by atoms with Gasteiger partial charge in [0.05, 0.1) is 23.1 Å². The molecule has 1 atom stereocenters. The number of aromatic nitrogens is 5. The maximum atomic E-state index is 5.65. The maximum Gasteiger partial charge on any atom is 0.0847 e. The van der Waals surface area contributed by atoms with Crippen molar-refractivity contribution in [3.05, 3.63) is 29.3 Å². The van der Waals surface area contributed by atoms with E-state index in [-0.39, 0.29) is 6.04 Å². The molecule has 7 heteroatoms. The average molecular weight is 249 g/mol. The molecule has 2 rings (SSSR count). The minimum absolute atomic E-state index is 0.0112. The van der Waals surface area contributed by atoms with E-state index in [1.165, 1.54) is 0 Å². The van der Waals surface area contributed by atoms with Crippen molar-refractivity contribution < 1.29 is 0 Å². The van der Waals surface area contributed by atoms with Gasteiger partial charge < -0.3 is 0 Å². The molecule has 0 saturated carbocycles. The van der Waals surface area contributed by atoms with Crippen LogP contribution < -0.4 is 11.3 Å². The van der Waals surface area contributed by atoms with E-state index in [2.05, 4.69) is 27.8 Å². The van der Waals surface area contributed by atoms with E-state index < -0.39 is 0 Å². The first kappa shape index (κ1) is 12.7. The molecule has 2 aromatic heterocycles. The molecule has 0 radical (unpaired) electrons. The molecule has 0 aliphatic carbocycles. The van der Waals surface area contributed by atoms with Gasteiger partial charge in [-0.25, -0.2) is 0 Å². The molecule has 0 fully saturated rings. The molecule has 18 heavy (non-hydrogen) atoms. The van der Waals surface area contributed by atoms with Crippen molar-refractivity contribution in [2.75, 3.05) is 0 Å². The van der Waals surface area contributed by atoms with Gasteiger partial charge in [-0.2, -0.15) is 5.10 Å². The van der Waals surface area contributed by atoms with Gasteiger partial charge >= 0.3 is 0 Å². The Bertz CT molecular complexity index is 513. The highest BCUT2D eigenvalue weighted by Crippen LogP contribution is 2.17. The van der Waals surface area contributed by atoms with Crippen LogP contribution in [0, 0.1) is 6.92 Å². The number of hydrogen-bond acceptors (Lipinski definition) is 5. The molecule has 2 heterocycles. The number of nitrogens with two attached hydrogens (primary N) is 1. The molecular weight excluding hydrogens is 230 g/mol. The van der Waals surface area contributed by atoms with Crippen LogP contribution in [-0.2, 0) is 20.0 Å². The van der Waals surface area contributed by atoms with Crippen LogP contribution in [0.4, 0.5) is 0 Å². The van der Waals surface area contributed by atoms with Crippen LogP contribution >= 0.6 is 0 Å². The molecule has 3 N–H and O–H groups in total. The van der Waals surface area contributed by atoms with Crippen molar-refractivity contribution in [1.82, 2.24) is 30.2 Å². The van der Waals surface area contributed by atoms with Crippen molar-refractivity contribution >= 4 is 0 Å². The number of nitrogens with zero attached hydrogens (tertiary/aromatic N) is 5. The molecule has 0 aromatic carbocycles. The normalized spacial score (nSPS) is 12.9. The Balaban J connectivity index is 2.22. The Morgan fingerprint density at radius 2 is 2.28 bits per heavy atom. The van der Waals surface area contributed by atoms with Gasteiger partial charge in [0.25, 0.3) is 0 Å². The average Bonchev–Trinajstić information content (AvgIpc) is 2.92. The van der Waals surface area contributed by atoms with Crippen LogP contribution in [-0.4, -0.2) is 24.8 Å². The van der Waals surface area contributed by atoms with E-state index in [0.717, 1.165) is 23.6 Å². The number of rotatable bonds is 5. The van der Waals surface area contributed by atoms with Crippen molar-refractivity contribution in [3.63, 3.8) is 0 Å². The lowest BCUT2D eigenvalue weighted by Crippen LogP contribution is -2.31. The quantitative estimate of drug-likeness (QED) is 0.579. The van der Waals surface area contributed by atoms with Crippen LogP contribution in [0.1, 0.15) is 30.0 Å². The molecule has 0 saturated heterocycles. The summed E-state index contributed by atoms with van der Waals surface area (Å²) in [6.45, 7) is 4.86. The first-order chi connectivity index (χ1) is 8.63. The molecule has 7 nitrogen and oxygen atoms in total. The monoisotopic (exact) mass is 249 g/mol. The zero-order valence-corrected chi connectivity index (χ0v) is 11.0. The molecule has 1 unspecified atom stereocenters. The second-order valence-electron chi connectivity index (χ2n) is 4.33. The lowest BCUT2D eigenvalue weighted by Gasteiger charge is -2.15. The first-order valence-corrected chi connectivity index (χ1v) is 5.99. The second kappa shape index (κ2) is 5.28. The van der Waals surface area contributed by atoms with E-state index >= 15 is 0 Å². The second-order valence-corrected chi connectivity index (χ2v) is 4.33. The number of nitrogens with one attached hydrogen (secondary N) is 1. The summed E-state index contributed by atoms with van der Waals surface area (Å²) in [6.07, 6.45) is 2.58. The number of hydrogen-bond donors (Lipinski definition) is 2. The largest absolute Gasteiger partial charge is 0.271 e. The van der Waals surface area contributed by atoms with Gasteiger partial charge in [0.2, 0.25) is 0 Å². The highest BCUT2D eigenvalue weighted by molar-refractivity contribution is 5.15. The fraction of sp³-hybridized carbons (Fsp3) is 0.545. The van der Waals surface area contributed by atoms with Crippen LogP contribution in [0.25, 0.3) is 0 Å².